The highest BCUT2D eigenvalue weighted by Gasteiger charge is 2.01. The van der Waals surface area contributed by atoms with Gasteiger partial charge in [0.25, 0.3) is 5.69 Å². The van der Waals surface area contributed by atoms with E-state index in [4.69, 9.17) is 0 Å². The molecule has 3 nitrogen and oxygen atoms in total. The molecule has 0 unspecified atom stereocenters. The molecule has 78 valence electrons. The van der Waals surface area contributed by atoms with Crippen LogP contribution in [0.2, 0.25) is 0 Å². The lowest BCUT2D eigenvalue weighted by Gasteiger charge is -1.93. The van der Waals surface area contributed by atoms with Crippen LogP contribution in [0.15, 0.2) is 59.9 Å². The van der Waals surface area contributed by atoms with E-state index in [9.17, 15) is 10.1 Å². The van der Waals surface area contributed by atoms with Gasteiger partial charge in [0.05, 0.1) is 4.92 Å². The Kier molecular flexibility index (Phi) is 2.81. The molecule has 1 aliphatic carbocycles. The van der Waals surface area contributed by atoms with Crippen molar-refractivity contribution in [2.45, 2.75) is 0 Å². The van der Waals surface area contributed by atoms with E-state index in [1.807, 2.05) is 30.4 Å². The number of benzene rings is 1. The summed E-state index contributed by atoms with van der Waals surface area (Å²) in [7, 11) is 0. The van der Waals surface area contributed by atoms with Gasteiger partial charge in [0.1, 0.15) is 0 Å². The molecule has 1 aromatic rings. The second-order valence-electron chi connectivity index (χ2n) is 3.31. The number of nitro benzene ring substituents is 1. The third-order valence-corrected chi connectivity index (χ3v) is 2.18. The molecule has 0 radical (unpaired) electrons. The standard InChI is InChI=1S/C13H9NO2/c15-14(16)13-9-7-12(8-10-13)6-5-11-3-1-2-4-11/h1-3,5-10H/b6-5+. The van der Waals surface area contributed by atoms with Crippen LogP contribution in [0.3, 0.4) is 0 Å². The van der Waals surface area contributed by atoms with E-state index in [0.29, 0.717) is 0 Å². The molecule has 0 spiro atoms. The lowest BCUT2D eigenvalue weighted by atomic mass is 10.1. The third-order valence-electron chi connectivity index (χ3n) is 2.18. The quantitative estimate of drug-likeness (QED) is 0.437. The summed E-state index contributed by atoms with van der Waals surface area (Å²) in [5.41, 5.74) is 5.08. The average molecular weight is 211 g/mol. The Labute approximate surface area is 92.9 Å². The molecule has 0 aromatic heterocycles. The van der Waals surface area contributed by atoms with Gasteiger partial charge >= 0.3 is 0 Å². The monoisotopic (exact) mass is 211 g/mol. The minimum absolute atomic E-state index is 0.108. The third kappa shape index (κ3) is 2.35. The number of nitro groups is 1. The van der Waals surface area contributed by atoms with Gasteiger partial charge in [-0.3, -0.25) is 10.1 Å². The van der Waals surface area contributed by atoms with Crippen molar-refractivity contribution < 1.29 is 4.92 Å². The van der Waals surface area contributed by atoms with Crippen LogP contribution in [0.5, 0.6) is 0 Å². The van der Waals surface area contributed by atoms with E-state index in [2.05, 4.69) is 5.73 Å². The summed E-state index contributed by atoms with van der Waals surface area (Å²) in [5.74, 6) is 0. The highest BCUT2D eigenvalue weighted by atomic mass is 16.6. The zero-order chi connectivity index (χ0) is 11.4. The normalized spacial score (nSPS) is 13.4. The number of hydrogen-bond donors (Lipinski definition) is 0. The summed E-state index contributed by atoms with van der Waals surface area (Å²) < 4.78 is 0. The highest BCUT2D eigenvalue weighted by molar-refractivity contribution is 5.57. The minimum atomic E-state index is -0.404. The fraction of sp³-hybridized carbons (Fsp3) is 0. The lowest BCUT2D eigenvalue weighted by molar-refractivity contribution is -0.384. The SMILES string of the molecule is O=[N+]([O-])c1ccc(/C=C/C2=C=CC=C2)cc1. The van der Waals surface area contributed by atoms with Gasteiger partial charge in [0.2, 0.25) is 0 Å². The maximum absolute atomic E-state index is 10.4. The predicted octanol–water partition coefficient (Wildman–Crippen LogP) is 3.26. The van der Waals surface area contributed by atoms with Crippen LogP contribution in [0.1, 0.15) is 5.56 Å². The molecule has 0 bridgehead atoms. The maximum atomic E-state index is 10.4. The van der Waals surface area contributed by atoms with Crippen molar-refractivity contribution in [3.05, 3.63) is 75.6 Å². The molecule has 1 aromatic carbocycles. The lowest BCUT2D eigenvalue weighted by Crippen LogP contribution is -1.86. The van der Waals surface area contributed by atoms with E-state index in [1.165, 1.54) is 12.1 Å². The van der Waals surface area contributed by atoms with Crippen molar-refractivity contribution in [1.82, 2.24) is 0 Å². The Morgan fingerprint density at radius 1 is 1.19 bits per heavy atom. The van der Waals surface area contributed by atoms with Crippen molar-refractivity contribution in [2.75, 3.05) is 0 Å². The van der Waals surface area contributed by atoms with Crippen LogP contribution < -0.4 is 0 Å². The van der Waals surface area contributed by atoms with Gasteiger partial charge in [-0.1, -0.05) is 12.2 Å². The molecular formula is C13H9NO2. The van der Waals surface area contributed by atoms with Crippen LogP contribution in [-0.4, -0.2) is 4.92 Å². The topological polar surface area (TPSA) is 43.1 Å². The van der Waals surface area contributed by atoms with Crippen molar-refractivity contribution in [3.63, 3.8) is 0 Å². The van der Waals surface area contributed by atoms with Gasteiger partial charge in [-0.2, -0.15) is 0 Å². The second-order valence-corrected chi connectivity index (χ2v) is 3.31. The predicted molar refractivity (Wildman–Crippen MR) is 62.9 cm³/mol. The van der Waals surface area contributed by atoms with Gasteiger partial charge in [0, 0.05) is 17.7 Å². The van der Waals surface area contributed by atoms with Gasteiger partial charge in [0.15, 0.2) is 0 Å². The van der Waals surface area contributed by atoms with E-state index in [-0.39, 0.29) is 5.69 Å². The van der Waals surface area contributed by atoms with E-state index in [0.717, 1.165) is 11.1 Å². The molecular weight excluding hydrogens is 202 g/mol. The van der Waals surface area contributed by atoms with E-state index < -0.39 is 4.92 Å². The zero-order valence-corrected chi connectivity index (χ0v) is 8.46. The van der Waals surface area contributed by atoms with Gasteiger partial charge < -0.3 is 0 Å². The Morgan fingerprint density at radius 3 is 2.50 bits per heavy atom. The summed E-state index contributed by atoms with van der Waals surface area (Å²) in [6, 6.07) is 6.43. The first-order valence-corrected chi connectivity index (χ1v) is 4.81. The first-order valence-electron chi connectivity index (χ1n) is 4.81. The summed E-state index contributed by atoms with van der Waals surface area (Å²) in [6.45, 7) is 0. The average Bonchev–Trinajstić information content (AvgIpc) is 2.80. The van der Waals surface area contributed by atoms with Crippen molar-refractivity contribution in [1.29, 1.82) is 0 Å². The first kappa shape index (κ1) is 10.1. The molecule has 0 fully saturated rings. The Hall–Kier alpha value is -2.38. The van der Waals surface area contributed by atoms with Crippen LogP contribution in [0.4, 0.5) is 5.69 Å². The smallest absolute Gasteiger partial charge is 0.258 e. The van der Waals surface area contributed by atoms with Gasteiger partial charge in [-0.25, -0.2) is 0 Å². The fourth-order valence-electron chi connectivity index (χ4n) is 1.34. The van der Waals surface area contributed by atoms with Crippen LogP contribution in [-0.2, 0) is 0 Å². The molecule has 0 saturated carbocycles. The largest absolute Gasteiger partial charge is 0.269 e. The van der Waals surface area contributed by atoms with Crippen LogP contribution >= 0.6 is 0 Å². The number of nitrogens with zero attached hydrogens (tertiary/aromatic N) is 1. The Balaban J connectivity index is 2.14. The number of hydrogen-bond acceptors (Lipinski definition) is 2. The number of allylic oxidation sites excluding steroid dienone is 4. The summed E-state index contributed by atoms with van der Waals surface area (Å²) >= 11 is 0. The minimum Gasteiger partial charge on any atom is -0.258 e. The summed E-state index contributed by atoms with van der Waals surface area (Å²) in [6.07, 6.45) is 9.52. The molecule has 2 rings (SSSR count). The molecule has 0 saturated heterocycles. The fourth-order valence-corrected chi connectivity index (χ4v) is 1.34. The zero-order valence-electron chi connectivity index (χ0n) is 8.46. The molecule has 0 N–H and O–H groups in total. The number of rotatable bonds is 3. The second kappa shape index (κ2) is 4.43. The Bertz CT molecular complexity index is 530. The molecule has 0 amide bonds. The van der Waals surface area contributed by atoms with Crippen molar-refractivity contribution in [3.8, 4) is 0 Å². The molecule has 0 atom stereocenters. The molecule has 0 aliphatic heterocycles. The van der Waals surface area contributed by atoms with E-state index in [1.54, 1.807) is 12.1 Å². The summed E-state index contributed by atoms with van der Waals surface area (Å²) in [4.78, 5) is 10.0. The van der Waals surface area contributed by atoms with Gasteiger partial charge in [-0.05, 0) is 35.9 Å². The molecule has 0 heterocycles. The summed E-state index contributed by atoms with van der Waals surface area (Å²) in [5, 5.41) is 10.4. The van der Waals surface area contributed by atoms with Crippen LogP contribution in [0, 0.1) is 10.1 Å². The van der Waals surface area contributed by atoms with E-state index >= 15 is 0 Å². The van der Waals surface area contributed by atoms with Gasteiger partial charge in [-0.15, -0.1) is 5.73 Å². The Morgan fingerprint density at radius 2 is 1.94 bits per heavy atom. The van der Waals surface area contributed by atoms with Crippen molar-refractivity contribution >= 4 is 11.8 Å². The van der Waals surface area contributed by atoms with Crippen molar-refractivity contribution in [2.24, 2.45) is 0 Å². The first-order chi connectivity index (χ1) is 7.75. The number of non-ortho nitro benzene ring substituents is 1. The maximum Gasteiger partial charge on any atom is 0.269 e. The van der Waals surface area contributed by atoms with Crippen LogP contribution in [0.25, 0.3) is 6.08 Å². The molecule has 3 heteroatoms. The molecule has 1 aliphatic rings. The highest BCUT2D eigenvalue weighted by Crippen LogP contribution is 2.14. The molecule has 16 heavy (non-hydrogen) atoms.